The minimum atomic E-state index is 0.0400. The van der Waals surface area contributed by atoms with Crippen molar-refractivity contribution in [3.63, 3.8) is 0 Å². The number of rotatable bonds is 5. The second-order valence-corrected chi connectivity index (χ2v) is 5.69. The van der Waals surface area contributed by atoms with E-state index in [-0.39, 0.29) is 17.1 Å². The van der Waals surface area contributed by atoms with Gasteiger partial charge in [0.1, 0.15) is 0 Å². The summed E-state index contributed by atoms with van der Waals surface area (Å²) in [5.41, 5.74) is 2.23. The van der Waals surface area contributed by atoms with Gasteiger partial charge < -0.3 is 5.32 Å². The van der Waals surface area contributed by atoms with E-state index < -0.39 is 0 Å². The third-order valence-electron chi connectivity index (χ3n) is 4.07. The molecule has 2 rings (SSSR count). The van der Waals surface area contributed by atoms with Crippen molar-refractivity contribution < 1.29 is 9.59 Å². The van der Waals surface area contributed by atoms with Gasteiger partial charge in [0.15, 0.2) is 5.78 Å². The molecule has 0 atom stereocenters. The second kappa shape index (κ2) is 5.55. The molecule has 0 heterocycles. The van der Waals surface area contributed by atoms with E-state index in [0.29, 0.717) is 0 Å². The van der Waals surface area contributed by atoms with Crippen molar-refractivity contribution in [2.45, 2.75) is 39.5 Å². The van der Waals surface area contributed by atoms with Gasteiger partial charge in [-0.05, 0) is 37.2 Å². The maximum Gasteiger partial charge on any atom is 0.216 e. The number of hydrogen-bond donors (Lipinski definition) is 1. The Morgan fingerprint density at radius 3 is 2.21 bits per heavy atom. The Labute approximate surface area is 114 Å². The minimum Gasteiger partial charge on any atom is -0.356 e. The van der Waals surface area contributed by atoms with Gasteiger partial charge in [-0.3, -0.25) is 9.59 Å². The molecule has 1 N–H and O–H groups in total. The lowest BCUT2D eigenvalue weighted by atomic mass is 9.65. The van der Waals surface area contributed by atoms with Gasteiger partial charge in [0.25, 0.3) is 0 Å². The average molecular weight is 259 g/mol. The number of hydrogen-bond acceptors (Lipinski definition) is 2. The standard InChI is InChI=1S/C16H21NO2/c1-12(18)15-6-4-14(5-7-15)10-16(8-3-9-16)11-17-13(2)19/h4-7H,3,8-11H2,1-2H3,(H,17,19). The van der Waals surface area contributed by atoms with Crippen LogP contribution in [0.25, 0.3) is 0 Å². The van der Waals surface area contributed by atoms with Crippen LogP contribution in [-0.2, 0) is 11.2 Å². The molecule has 0 bridgehead atoms. The fourth-order valence-electron chi connectivity index (χ4n) is 2.70. The fraction of sp³-hybridized carbons (Fsp3) is 0.500. The predicted molar refractivity (Wildman–Crippen MR) is 75.1 cm³/mol. The van der Waals surface area contributed by atoms with Gasteiger partial charge in [-0.2, -0.15) is 0 Å². The van der Waals surface area contributed by atoms with Gasteiger partial charge >= 0.3 is 0 Å². The molecule has 3 heteroatoms. The van der Waals surface area contributed by atoms with Crippen molar-refractivity contribution in [2.75, 3.05) is 6.54 Å². The van der Waals surface area contributed by atoms with Crippen LogP contribution < -0.4 is 5.32 Å². The normalized spacial score (nSPS) is 16.5. The summed E-state index contributed by atoms with van der Waals surface area (Å²) in [6.45, 7) is 3.91. The highest BCUT2D eigenvalue weighted by Gasteiger charge is 2.36. The number of ketones is 1. The van der Waals surface area contributed by atoms with Crippen LogP contribution in [0.5, 0.6) is 0 Å². The summed E-state index contributed by atoms with van der Waals surface area (Å²) < 4.78 is 0. The zero-order chi connectivity index (χ0) is 13.9. The second-order valence-electron chi connectivity index (χ2n) is 5.69. The molecule has 1 saturated carbocycles. The summed E-state index contributed by atoms with van der Waals surface area (Å²) in [6, 6.07) is 7.85. The molecule has 0 aromatic heterocycles. The maximum atomic E-state index is 11.2. The molecular weight excluding hydrogens is 238 g/mol. The van der Waals surface area contributed by atoms with Gasteiger partial charge in [0.05, 0.1) is 0 Å². The highest BCUT2D eigenvalue weighted by Crippen LogP contribution is 2.43. The number of amides is 1. The Hall–Kier alpha value is -1.64. The molecule has 1 amide bonds. The van der Waals surface area contributed by atoms with E-state index in [0.717, 1.165) is 18.5 Å². The summed E-state index contributed by atoms with van der Waals surface area (Å²) in [5, 5.41) is 2.95. The lowest BCUT2D eigenvalue weighted by Crippen LogP contribution is -2.43. The van der Waals surface area contributed by atoms with Crippen LogP contribution in [0.3, 0.4) is 0 Å². The Kier molecular flexibility index (Phi) is 4.03. The molecule has 1 aliphatic carbocycles. The van der Waals surface area contributed by atoms with Crippen molar-refractivity contribution in [3.05, 3.63) is 35.4 Å². The number of nitrogens with one attached hydrogen (secondary N) is 1. The molecule has 0 spiro atoms. The molecule has 1 aromatic rings. The van der Waals surface area contributed by atoms with Crippen molar-refractivity contribution >= 4 is 11.7 Å². The largest absolute Gasteiger partial charge is 0.356 e. The zero-order valence-electron chi connectivity index (χ0n) is 11.7. The first kappa shape index (κ1) is 13.8. The monoisotopic (exact) mass is 259 g/mol. The van der Waals surface area contributed by atoms with Gasteiger partial charge in [0, 0.05) is 19.0 Å². The fourth-order valence-corrected chi connectivity index (χ4v) is 2.70. The van der Waals surface area contributed by atoms with Crippen molar-refractivity contribution in [1.82, 2.24) is 5.32 Å². The lowest BCUT2D eigenvalue weighted by Gasteiger charge is -2.42. The van der Waals surface area contributed by atoms with Gasteiger partial charge in [-0.25, -0.2) is 0 Å². The molecule has 102 valence electrons. The third kappa shape index (κ3) is 3.43. The summed E-state index contributed by atoms with van der Waals surface area (Å²) in [4.78, 5) is 22.3. The summed E-state index contributed by atoms with van der Waals surface area (Å²) >= 11 is 0. The Morgan fingerprint density at radius 2 is 1.79 bits per heavy atom. The van der Waals surface area contributed by atoms with E-state index >= 15 is 0 Å². The highest BCUT2D eigenvalue weighted by atomic mass is 16.1. The quantitative estimate of drug-likeness (QED) is 0.826. The van der Waals surface area contributed by atoms with Crippen LogP contribution in [0.2, 0.25) is 0 Å². The summed E-state index contributed by atoms with van der Waals surface area (Å²) in [6.07, 6.45) is 4.56. The van der Waals surface area contributed by atoms with Crippen LogP contribution in [0.4, 0.5) is 0 Å². The van der Waals surface area contributed by atoms with Crippen LogP contribution in [0.1, 0.15) is 49.0 Å². The molecule has 1 fully saturated rings. The molecule has 1 aliphatic rings. The molecule has 0 aliphatic heterocycles. The van der Waals surface area contributed by atoms with Gasteiger partial charge in [0.2, 0.25) is 5.91 Å². The highest BCUT2D eigenvalue weighted by molar-refractivity contribution is 5.94. The maximum absolute atomic E-state index is 11.2. The summed E-state index contributed by atoms with van der Waals surface area (Å²) in [5.74, 6) is 0.140. The average Bonchev–Trinajstić information content (AvgIpc) is 2.32. The van der Waals surface area contributed by atoms with Crippen LogP contribution in [0.15, 0.2) is 24.3 Å². The van der Waals surface area contributed by atoms with Crippen molar-refractivity contribution in [2.24, 2.45) is 5.41 Å². The Bertz CT molecular complexity index is 472. The van der Waals surface area contributed by atoms with Gasteiger partial charge in [-0.15, -0.1) is 0 Å². The predicted octanol–water partition coefficient (Wildman–Crippen LogP) is 2.74. The van der Waals surface area contributed by atoms with Crippen LogP contribution in [-0.4, -0.2) is 18.2 Å². The van der Waals surface area contributed by atoms with Gasteiger partial charge in [-0.1, -0.05) is 30.7 Å². The lowest BCUT2D eigenvalue weighted by molar-refractivity contribution is -0.119. The third-order valence-corrected chi connectivity index (χ3v) is 4.07. The van der Waals surface area contributed by atoms with E-state index in [2.05, 4.69) is 5.32 Å². The first-order valence-electron chi connectivity index (χ1n) is 6.85. The first-order chi connectivity index (χ1) is 9.01. The van der Waals surface area contributed by atoms with Crippen molar-refractivity contribution in [3.8, 4) is 0 Å². The van der Waals surface area contributed by atoms with E-state index in [1.807, 2.05) is 24.3 Å². The molecule has 0 saturated heterocycles. The van der Waals surface area contributed by atoms with E-state index in [1.54, 1.807) is 13.8 Å². The number of carbonyl (C=O) groups is 2. The zero-order valence-corrected chi connectivity index (χ0v) is 11.7. The van der Waals surface area contributed by atoms with Crippen molar-refractivity contribution in [1.29, 1.82) is 0 Å². The SMILES string of the molecule is CC(=O)NCC1(Cc2ccc(C(C)=O)cc2)CCC1. The number of carbonyl (C=O) groups excluding carboxylic acids is 2. The topological polar surface area (TPSA) is 46.2 Å². The Morgan fingerprint density at radius 1 is 1.16 bits per heavy atom. The molecule has 0 unspecified atom stereocenters. The molecule has 3 nitrogen and oxygen atoms in total. The molecule has 1 aromatic carbocycles. The van der Waals surface area contributed by atoms with E-state index in [1.165, 1.54) is 24.8 Å². The van der Waals surface area contributed by atoms with Crippen LogP contribution >= 0.6 is 0 Å². The number of Topliss-reactive ketones (excluding diaryl/α,β-unsaturated/α-hetero) is 1. The Balaban J connectivity index is 2.01. The first-order valence-corrected chi connectivity index (χ1v) is 6.85. The minimum absolute atomic E-state index is 0.0400. The van der Waals surface area contributed by atoms with E-state index in [9.17, 15) is 9.59 Å². The van der Waals surface area contributed by atoms with Crippen LogP contribution in [0, 0.1) is 5.41 Å². The molecule has 19 heavy (non-hydrogen) atoms. The summed E-state index contributed by atoms with van der Waals surface area (Å²) in [7, 11) is 0. The smallest absolute Gasteiger partial charge is 0.216 e. The molecular formula is C16H21NO2. The van der Waals surface area contributed by atoms with E-state index in [4.69, 9.17) is 0 Å². The molecule has 0 radical (unpaired) electrons. The number of benzene rings is 1.